The second-order valence-corrected chi connectivity index (χ2v) is 6.12. The minimum absolute atomic E-state index is 0.0913. The van der Waals surface area contributed by atoms with Crippen molar-refractivity contribution in [1.82, 2.24) is 9.78 Å². The van der Waals surface area contributed by atoms with E-state index in [4.69, 9.17) is 0 Å². The Hall–Kier alpha value is -2.07. The average molecular weight is 281 g/mol. The van der Waals surface area contributed by atoms with Crippen molar-refractivity contribution in [3.05, 3.63) is 57.9 Å². The first-order chi connectivity index (χ1) is 9.74. The SMILES string of the molecule is Cc1cc2n(n1)[C@H](c1sccc1C)Nc1ccccc1-2. The van der Waals surface area contributed by atoms with Gasteiger partial charge in [-0.15, -0.1) is 11.3 Å². The summed E-state index contributed by atoms with van der Waals surface area (Å²) in [5.74, 6) is 0. The van der Waals surface area contributed by atoms with E-state index in [-0.39, 0.29) is 6.17 Å². The van der Waals surface area contributed by atoms with Gasteiger partial charge in [-0.1, -0.05) is 18.2 Å². The number of nitrogens with zero attached hydrogens (tertiary/aromatic N) is 2. The molecule has 3 nitrogen and oxygen atoms in total. The van der Waals surface area contributed by atoms with Gasteiger partial charge >= 0.3 is 0 Å². The standard InChI is InChI=1S/C16H15N3S/c1-10-7-8-20-15(10)16-17-13-6-4-3-5-12(13)14-9-11(2)18-19(14)16/h3-9,16-17H,1-2H3/t16-/m1/s1. The van der Waals surface area contributed by atoms with Crippen LogP contribution in [0.5, 0.6) is 0 Å². The van der Waals surface area contributed by atoms with Crippen molar-refractivity contribution in [2.75, 3.05) is 5.32 Å². The molecule has 3 aromatic rings. The quantitative estimate of drug-likeness (QED) is 0.724. The van der Waals surface area contributed by atoms with E-state index >= 15 is 0 Å². The Bertz CT molecular complexity index is 785. The van der Waals surface area contributed by atoms with Crippen molar-refractivity contribution in [1.29, 1.82) is 0 Å². The zero-order valence-electron chi connectivity index (χ0n) is 11.4. The van der Waals surface area contributed by atoms with Crippen LogP contribution >= 0.6 is 11.3 Å². The summed E-state index contributed by atoms with van der Waals surface area (Å²) in [5, 5.41) is 10.5. The Morgan fingerprint density at radius 1 is 1.20 bits per heavy atom. The molecule has 1 atom stereocenters. The fraction of sp³-hybridized carbons (Fsp3) is 0.188. The van der Waals surface area contributed by atoms with Crippen molar-refractivity contribution in [2.24, 2.45) is 0 Å². The molecular formula is C16H15N3S. The zero-order valence-corrected chi connectivity index (χ0v) is 12.2. The monoisotopic (exact) mass is 281 g/mol. The zero-order chi connectivity index (χ0) is 13.7. The lowest BCUT2D eigenvalue weighted by Crippen LogP contribution is -2.25. The molecule has 1 aliphatic rings. The van der Waals surface area contributed by atoms with Crippen LogP contribution in [0.1, 0.15) is 22.3 Å². The Kier molecular flexibility index (Phi) is 2.47. The maximum atomic E-state index is 4.69. The van der Waals surface area contributed by atoms with Gasteiger partial charge in [0.2, 0.25) is 0 Å². The first-order valence-corrected chi connectivity index (χ1v) is 7.58. The lowest BCUT2D eigenvalue weighted by molar-refractivity contribution is 0.577. The average Bonchev–Trinajstić information content (AvgIpc) is 3.03. The molecular weight excluding hydrogens is 266 g/mol. The number of aromatic nitrogens is 2. The van der Waals surface area contributed by atoms with Gasteiger partial charge in [-0.25, -0.2) is 4.68 Å². The lowest BCUT2D eigenvalue weighted by atomic mass is 10.1. The van der Waals surface area contributed by atoms with Gasteiger partial charge < -0.3 is 5.32 Å². The van der Waals surface area contributed by atoms with Crippen LogP contribution in [0.15, 0.2) is 41.8 Å². The number of anilines is 1. The van der Waals surface area contributed by atoms with Crippen LogP contribution in [-0.2, 0) is 0 Å². The van der Waals surface area contributed by atoms with Crippen LogP contribution in [0, 0.1) is 13.8 Å². The number of thiophene rings is 1. The summed E-state index contributed by atoms with van der Waals surface area (Å²) in [4.78, 5) is 1.32. The van der Waals surface area contributed by atoms with E-state index in [9.17, 15) is 0 Å². The molecule has 0 amide bonds. The molecule has 4 heteroatoms. The van der Waals surface area contributed by atoms with Gasteiger partial charge in [-0.05, 0) is 43.0 Å². The van der Waals surface area contributed by atoms with Crippen LogP contribution < -0.4 is 5.32 Å². The summed E-state index contributed by atoms with van der Waals surface area (Å²) in [7, 11) is 0. The molecule has 0 spiro atoms. The number of hydrogen-bond donors (Lipinski definition) is 1. The third-order valence-electron chi connectivity index (χ3n) is 3.75. The minimum Gasteiger partial charge on any atom is -0.359 e. The van der Waals surface area contributed by atoms with E-state index in [0.29, 0.717) is 0 Å². The number of rotatable bonds is 1. The second-order valence-electron chi connectivity index (χ2n) is 5.18. The number of fused-ring (bicyclic) bond motifs is 3. The topological polar surface area (TPSA) is 29.9 Å². The molecule has 1 aliphatic heterocycles. The highest BCUT2D eigenvalue weighted by Gasteiger charge is 2.27. The summed E-state index contributed by atoms with van der Waals surface area (Å²) in [5.41, 5.74) is 5.95. The smallest absolute Gasteiger partial charge is 0.156 e. The Morgan fingerprint density at radius 3 is 2.85 bits per heavy atom. The van der Waals surface area contributed by atoms with Crippen molar-refractivity contribution in [3.8, 4) is 11.3 Å². The highest BCUT2D eigenvalue weighted by molar-refractivity contribution is 7.10. The molecule has 0 bridgehead atoms. The highest BCUT2D eigenvalue weighted by Crippen LogP contribution is 2.40. The number of nitrogens with one attached hydrogen (secondary N) is 1. The molecule has 2 aromatic heterocycles. The van der Waals surface area contributed by atoms with E-state index in [1.165, 1.54) is 27.4 Å². The molecule has 100 valence electrons. The molecule has 1 N–H and O–H groups in total. The fourth-order valence-electron chi connectivity index (χ4n) is 2.80. The Morgan fingerprint density at radius 2 is 2.05 bits per heavy atom. The van der Waals surface area contributed by atoms with Crippen LogP contribution in [0.3, 0.4) is 0 Å². The number of benzene rings is 1. The summed E-state index contributed by atoms with van der Waals surface area (Å²) in [6, 6.07) is 12.8. The van der Waals surface area contributed by atoms with Crippen molar-refractivity contribution in [2.45, 2.75) is 20.0 Å². The van der Waals surface area contributed by atoms with Gasteiger partial charge in [0, 0.05) is 11.3 Å². The van der Waals surface area contributed by atoms with E-state index < -0.39 is 0 Å². The van der Waals surface area contributed by atoms with E-state index in [1.807, 2.05) is 6.92 Å². The lowest BCUT2D eigenvalue weighted by Gasteiger charge is -2.28. The summed E-state index contributed by atoms with van der Waals surface area (Å²) >= 11 is 1.78. The van der Waals surface area contributed by atoms with Crippen LogP contribution in [0.4, 0.5) is 5.69 Å². The molecule has 0 saturated carbocycles. The van der Waals surface area contributed by atoms with Gasteiger partial charge in [0.15, 0.2) is 6.17 Å². The second kappa shape index (κ2) is 4.21. The van der Waals surface area contributed by atoms with Gasteiger partial charge in [-0.2, -0.15) is 5.10 Å². The summed E-state index contributed by atoms with van der Waals surface area (Å²) < 4.78 is 2.11. The molecule has 3 heterocycles. The molecule has 0 fully saturated rings. The predicted octanol–water partition coefficient (Wildman–Crippen LogP) is 4.20. The van der Waals surface area contributed by atoms with Gasteiger partial charge in [0.05, 0.1) is 16.3 Å². The first-order valence-electron chi connectivity index (χ1n) is 6.70. The number of aryl methyl sites for hydroxylation is 2. The van der Waals surface area contributed by atoms with E-state index in [2.05, 4.69) is 63.8 Å². The van der Waals surface area contributed by atoms with Gasteiger partial charge in [0.1, 0.15) is 0 Å². The maximum absolute atomic E-state index is 4.69. The number of hydrogen-bond acceptors (Lipinski definition) is 3. The molecule has 4 rings (SSSR count). The molecule has 0 radical (unpaired) electrons. The van der Waals surface area contributed by atoms with Crippen molar-refractivity contribution >= 4 is 17.0 Å². The fourth-order valence-corrected chi connectivity index (χ4v) is 3.76. The van der Waals surface area contributed by atoms with Crippen molar-refractivity contribution < 1.29 is 0 Å². The molecule has 0 aliphatic carbocycles. The Balaban J connectivity index is 1.95. The van der Waals surface area contributed by atoms with Gasteiger partial charge in [-0.3, -0.25) is 0 Å². The van der Waals surface area contributed by atoms with Gasteiger partial charge in [0.25, 0.3) is 0 Å². The Labute approximate surface area is 121 Å². The van der Waals surface area contributed by atoms with Crippen LogP contribution in [0.25, 0.3) is 11.3 Å². The molecule has 20 heavy (non-hydrogen) atoms. The number of para-hydroxylation sites is 1. The highest BCUT2D eigenvalue weighted by atomic mass is 32.1. The maximum Gasteiger partial charge on any atom is 0.156 e. The summed E-state index contributed by atoms with van der Waals surface area (Å²) in [6.45, 7) is 4.20. The third-order valence-corrected chi connectivity index (χ3v) is 4.82. The largest absolute Gasteiger partial charge is 0.359 e. The normalized spacial score (nSPS) is 16.4. The van der Waals surface area contributed by atoms with Crippen molar-refractivity contribution in [3.63, 3.8) is 0 Å². The first kappa shape index (κ1) is 11.7. The van der Waals surface area contributed by atoms with E-state index in [0.717, 1.165) is 5.69 Å². The van der Waals surface area contributed by atoms with Crippen LogP contribution in [-0.4, -0.2) is 9.78 Å². The minimum atomic E-state index is 0.0913. The molecule has 0 saturated heterocycles. The third kappa shape index (κ3) is 1.61. The predicted molar refractivity (Wildman–Crippen MR) is 83.2 cm³/mol. The molecule has 0 unspecified atom stereocenters. The van der Waals surface area contributed by atoms with Crippen LogP contribution in [0.2, 0.25) is 0 Å². The summed E-state index contributed by atoms with van der Waals surface area (Å²) in [6.07, 6.45) is 0.0913. The van der Waals surface area contributed by atoms with E-state index in [1.54, 1.807) is 11.3 Å². The molecule has 1 aromatic carbocycles.